The number of nitrogens with zero attached hydrogens (tertiary/aromatic N) is 3. The third kappa shape index (κ3) is 2.22. The van der Waals surface area contributed by atoms with E-state index in [1.807, 2.05) is 6.92 Å². The molecule has 1 aliphatic rings. The molecule has 0 fully saturated rings. The molecule has 0 spiro atoms. The van der Waals surface area contributed by atoms with Crippen LogP contribution in [0.15, 0.2) is 35.9 Å². The van der Waals surface area contributed by atoms with Gasteiger partial charge in [-0.25, -0.2) is 4.98 Å². The molecule has 0 saturated heterocycles. The van der Waals surface area contributed by atoms with Crippen molar-refractivity contribution in [3.05, 3.63) is 64.0 Å². The summed E-state index contributed by atoms with van der Waals surface area (Å²) in [6.07, 6.45) is 2.83. The maximum Gasteiger partial charge on any atom is 0.213 e. The van der Waals surface area contributed by atoms with Crippen molar-refractivity contribution in [1.82, 2.24) is 9.55 Å². The third-order valence-corrected chi connectivity index (χ3v) is 6.10. The monoisotopic (exact) mass is 371 g/mol. The minimum Gasteiger partial charge on any atom is -0.303 e. The van der Waals surface area contributed by atoms with Crippen LogP contribution < -0.4 is 4.57 Å². The maximum atomic E-state index is 8.27. The summed E-state index contributed by atoms with van der Waals surface area (Å²) in [5, 5.41) is 1.24. The van der Waals surface area contributed by atoms with E-state index in [4.69, 9.17) is 9.10 Å². The van der Waals surface area contributed by atoms with Crippen molar-refractivity contribution >= 4 is 28.1 Å². The predicted octanol–water partition coefficient (Wildman–Crippen LogP) is 5.33. The largest absolute Gasteiger partial charge is 0.303 e. The van der Waals surface area contributed by atoms with Crippen LogP contribution in [-0.2, 0) is 13.5 Å². The second kappa shape index (κ2) is 5.78. The van der Waals surface area contributed by atoms with Crippen molar-refractivity contribution in [2.45, 2.75) is 41.0 Å². The number of fused-ring (bicyclic) bond motifs is 4. The van der Waals surface area contributed by atoms with Gasteiger partial charge in [-0.05, 0) is 68.4 Å². The lowest BCUT2D eigenvalue weighted by Crippen LogP contribution is -2.32. The molecular formula is C25H26N3+. The van der Waals surface area contributed by atoms with Gasteiger partial charge in [-0.1, -0.05) is 12.1 Å². The molecule has 3 heteroatoms. The van der Waals surface area contributed by atoms with Crippen LogP contribution in [0.4, 0.5) is 0 Å². The normalized spacial score (nSPS) is 15.5. The number of imidazole rings is 1. The molecule has 0 aliphatic carbocycles. The molecule has 1 aliphatic heterocycles. The fourth-order valence-electron chi connectivity index (χ4n) is 4.63. The van der Waals surface area contributed by atoms with E-state index in [0.717, 1.165) is 40.1 Å². The second-order valence-electron chi connectivity index (χ2n) is 8.08. The van der Waals surface area contributed by atoms with Crippen LogP contribution >= 0.6 is 0 Å². The highest BCUT2D eigenvalue weighted by atomic mass is 15.1. The van der Waals surface area contributed by atoms with Gasteiger partial charge in [0.1, 0.15) is 12.9 Å². The smallest absolute Gasteiger partial charge is 0.213 e. The Labute approximate surface area is 170 Å². The molecule has 3 heterocycles. The van der Waals surface area contributed by atoms with Crippen LogP contribution in [0.5, 0.6) is 0 Å². The first-order valence-electron chi connectivity index (χ1n) is 11.2. The number of aryl methyl sites for hydroxylation is 4. The van der Waals surface area contributed by atoms with Crippen LogP contribution in [-0.4, -0.2) is 9.55 Å². The topological polar surface area (TPSA) is 21.7 Å². The molecule has 0 atom stereocenters. The van der Waals surface area contributed by atoms with Crippen molar-refractivity contribution in [1.29, 1.82) is 0 Å². The minimum absolute atomic E-state index is 0.356. The number of rotatable bonds is 1. The molecular weight excluding hydrogens is 342 g/mol. The van der Waals surface area contributed by atoms with Crippen LogP contribution in [0.2, 0.25) is 0 Å². The average Bonchev–Trinajstić information content (AvgIpc) is 3.18. The lowest BCUT2D eigenvalue weighted by molar-refractivity contribution is -0.633. The van der Waals surface area contributed by atoms with Gasteiger partial charge >= 0.3 is 0 Å². The van der Waals surface area contributed by atoms with Crippen molar-refractivity contribution in [2.75, 3.05) is 0 Å². The van der Waals surface area contributed by atoms with Gasteiger partial charge in [0.25, 0.3) is 0 Å². The summed E-state index contributed by atoms with van der Waals surface area (Å²) in [5.74, 6) is 0.907. The molecule has 4 aromatic rings. The van der Waals surface area contributed by atoms with Gasteiger partial charge in [-0.15, -0.1) is 0 Å². The highest BCUT2D eigenvalue weighted by Gasteiger charge is 2.24. The van der Waals surface area contributed by atoms with Gasteiger partial charge in [0, 0.05) is 28.9 Å². The zero-order valence-corrected chi connectivity index (χ0v) is 17.0. The summed E-state index contributed by atoms with van der Waals surface area (Å²) in [5.41, 5.74) is 9.32. The molecule has 0 amide bonds. The Morgan fingerprint density at radius 1 is 1.07 bits per heavy atom. The number of aromatic nitrogens is 3. The number of benzene rings is 2. The Kier molecular flexibility index (Phi) is 2.91. The fraction of sp³-hybridized carbons (Fsp3) is 0.280. The first-order valence-corrected chi connectivity index (χ1v) is 9.69. The molecule has 3 nitrogen and oxygen atoms in total. The number of hydrogen-bond donors (Lipinski definition) is 0. The van der Waals surface area contributed by atoms with E-state index in [9.17, 15) is 0 Å². The summed E-state index contributed by atoms with van der Waals surface area (Å²) in [7, 11) is 2.06. The van der Waals surface area contributed by atoms with E-state index in [1.54, 1.807) is 0 Å². The average molecular weight is 372 g/mol. The summed E-state index contributed by atoms with van der Waals surface area (Å²) < 4.78 is 29.0. The van der Waals surface area contributed by atoms with Gasteiger partial charge in [0.2, 0.25) is 11.2 Å². The standard InChI is InChI=1S/C25H26N3/c1-14-10-23-26-25-18(5)17(4)19(12-22(25)28(23)13-14)21-11-16(3)24-15(2)8-7-9-20(24)27(21)6/h7-9,11-13H,10H2,1-6H3/q+1/i5D3. The van der Waals surface area contributed by atoms with E-state index < -0.39 is 6.85 Å². The molecule has 0 radical (unpaired) electrons. The van der Waals surface area contributed by atoms with Gasteiger partial charge in [0.05, 0.1) is 22.0 Å². The fourth-order valence-corrected chi connectivity index (χ4v) is 4.63. The summed E-state index contributed by atoms with van der Waals surface area (Å²) in [4.78, 5) is 4.75. The Morgan fingerprint density at radius 3 is 2.68 bits per heavy atom. The van der Waals surface area contributed by atoms with Crippen LogP contribution in [0.25, 0.3) is 39.4 Å². The van der Waals surface area contributed by atoms with Gasteiger partial charge < -0.3 is 4.57 Å². The third-order valence-electron chi connectivity index (χ3n) is 6.10. The quantitative estimate of drug-likeness (QED) is 0.414. The summed E-state index contributed by atoms with van der Waals surface area (Å²) >= 11 is 0. The second-order valence-corrected chi connectivity index (χ2v) is 8.08. The molecule has 28 heavy (non-hydrogen) atoms. The zero-order valence-electron chi connectivity index (χ0n) is 20.0. The highest BCUT2D eigenvalue weighted by Crippen LogP contribution is 2.34. The lowest BCUT2D eigenvalue weighted by atomic mass is 9.95. The highest BCUT2D eigenvalue weighted by molar-refractivity contribution is 5.90. The molecule has 5 rings (SSSR count). The van der Waals surface area contributed by atoms with Crippen LogP contribution in [0.3, 0.4) is 0 Å². The molecule has 0 N–H and O–H groups in total. The predicted molar refractivity (Wildman–Crippen MR) is 116 cm³/mol. The minimum atomic E-state index is -2.24. The van der Waals surface area contributed by atoms with Gasteiger partial charge in [-0.3, -0.25) is 0 Å². The van der Waals surface area contributed by atoms with E-state index in [0.29, 0.717) is 11.1 Å². The number of pyridine rings is 1. The van der Waals surface area contributed by atoms with Crippen molar-refractivity contribution in [3.8, 4) is 11.3 Å². The van der Waals surface area contributed by atoms with E-state index in [-0.39, 0.29) is 0 Å². The Bertz CT molecular complexity index is 1440. The first-order chi connectivity index (χ1) is 14.6. The Hall–Kier alpha value is -2.94. The van der Waals surface area contributed by atoms with Gasteiger partial charge in [0.15, 0.2) is 0 Å². The van der Waals surface area contributed by atoms with E-state index in [2.05, 4.69) is 73.5 Å². The van der Waals surface area contributed by atoms with Crippen LogP contribution in [0.1, 0.15) is 39.1 Å². The zero-order chi connectivity index (χ0) is 22.2. The van der Waals surface area contributed by atoms with E-state index >= 15 is 0 Å². The first kappa shape index (κ1) is 14.1. The number of allylic oxidation sites excluding steroid dienone is 1. The molecule has 2 aromatic heterocycles. The molecule has 2 aromatic carbocycles. The Morgan fingerprint density at radius 2 is 1.89 bits per heavy atom. The van der Waals surface area contributed by atoms with Gasteiger partial charge in [-0.2, -0.15) is 4.57 Å². The molecule has 0 bridgehead atoms. The van der Waals surface area contributed by atoms with Crippen molar-refractivity contribution in [3.63, 3.8) is 0 Å². The molecule has 140 valence electrons. The Balaban J connectivity index is 1.92. The summed E-state index contributed by atoms with van der Waals surface area (Å²) in [6.45, 7) is 6.00. The number of hydrogen-bond acceptors (Lipinski definition) is 1. The van der Waals surface area contributed by atoms with Crippen molar-refractivity contribution < 1.29 is 8.68 Å². The SMILES string of the molecule is [2H]C([2H])([2H])c1c(C)c(-c2cc(C)c3c(C)cccc3[n+]2C)cc2c1nc1n2C=C(C)C1. The van der Waals surface area contributed by atoms with Crippen molar-refractivity contribution in [2.24, 2.45) is 7.05 Å². The van der Waals surface area contributed by atoms with E-state index in [1.165, 1.54) is 22.1 Å². The molecule has 0 saturated carbocycles. The van der Waals surface area contributed by atoms with Crippen LogP contribution in [0, 0.1) is 27.6 Å². The summed E-state index contributed by atoms with van der Waals surface area (Å²) in [6, 6.07) is 10.6. The lowest BCUT2D eigenvalue weighted by Gasteiger charge is -2.12. The maximum absolute atomic E-state index is 8.27. The molecule has 0 unspecified atom stereocenters.